The van der Waals surface area contributed by atoms with Crippen molar-refractivity contribution >= 4 is 5.97 Å². The van der Waals surface area contributed by atoms with Gasteiger partial charge in [-0.15, -0.1) is 0 Å². The van der Waals surface area contributed by atoms with E-state index in [2.05, 4.69) is 29.6 Å². The summed E-state index contributed by atoms with van der Waals surface area (Å²) >= 11 is 0. The van der Waals surface area contributed by atoms with Crippen molar-refractivity contribution in [1.29, 1.82) is 0 Å². The van der Waals surface area contributed by atoms with Gasteiger partial charge in [-0.05, 0) is 55.7 Å². The van der Waals surface area contributed by atoms with Gasteiger partial charge in [-0.1, -0.05) is 31.2 Å². The highest BCUT2D eigenvalue weighted by Gasteiger charge is 2.53. The molecule has 2 bridgehead atoms. The van der Waals surface area contributed by atoms with Crippen LogP contribution in [0.2, 0.25) is 0 Å². The molecule has 3 heteroatoms. The average Bonchev–Trinajstić information content (AvgIpc) is 2.54. The van der Waals surface area contributed by atoms with Gasteiger partial charge >= 0.3 is 5.97 Å². The summed E-state index contributed by atoms with van der Waals surface area (Å²) in [5.41, 5.74) is 3.26. The van der Waals surface area contributed by atoms with Crippen molar-refractivity contribution in [3.8, 4) is 0 Å². The first kappa shape index (κ1) is 14.3. The molecule has 1 saturated carbocycles. The van der Waals surface area contributed by atoms with Crippen LogP contribution in [0.25, 0.3) is 0 Å². The summed E-state index contributed by atoms with van der Waals surface area (Å²) in [6.45, 7) is 2.96. The molecule has 2 aliphatic carbocycles. The number of benzene rings is 1. The summed E-state index contributed by atoms with van der Waals surface area (Å²) in [5, 5.41) is 3.74. The molecule has 1 aromatic rings. The number of hydrogen-bond acceptors (Lipinski definition) is 3. The third-order valence-corrected chi connectivity index (χ3v) is 6.15. The zero-order valence-electron chi connectivity index (χ0n) is 13.3. The minimum Gasteiger partial charge on any atom is -0.462 e. The van der Waals surface area contributed by atoms with E-state index in [4.69, 9.17) is 4.74 Å². The van der Waals surface area contributed by atoms with Gasteiger partial charge in [0.2, 0.25) is 0 Å². The van der Waals surface area contributed by atoms with Gasteiger partial charge in [0, 0.05) is 17.9 Å². The average molecular weight is 299 g/mol. The molecule has 1 aromatic carbocycles. The SMILES string of the molecule is CCC(=O)OC1CC[C@H]2[C@H]3Cc4ccccc4[C@@]2(CCN3)C1. The van der Waals surface area contributed by atoms with Crippen LogP contribution in [0.5, 0.6) is 0 Å². The molecule has 4 atom stereocenters. The van der Waals surface area contributed by atoms with Crippen LogP contribution in [-0.4, -0.2) is 24.7 Å². The number of hydrogen-bond donors (Lipinski definition) is 1. The van der Waals surface area contributed by atoms with Crippen molar-refractivity contribution in [2.24, 2.45) is 5.92 Å². The number of rotatable bonds is 2. The van der Waals surface area contributed by atoms with Crippen molar-refractivity contribution in [3.05, 3.63) is 35.4 Å². The Bertz CT molecular complexity index is 585. The van der Waals surface area contributed by atoms with Crippen LogP contribution in [0, 0.1) is 5.92 Å². The molecule has 0 amide bonds. The zero-order valence-corrected chi connectivity index (χ0v) is 13.3. The second-order valence-electron chi connectivity index (χ2n) is 7.18. The highest BCUT2D eigenvalue weighted by molar-refractivity contribution is 5.69. The molecule has 22 heavy (non-hydrogen) atoms. The maximum Gasteiger partial charge on any atom is 0.305 e. The molecule has 118 valence electrons. The second-order valence-corrected chi connectivity index (χ2v) is 7.18. The van der Waals surface area contributed by atoms with Gasteiger partial charge in [0.05, 0.1) is 0 Å². The molecule has 1 aliphatic heterocycles. The molecule has 2 fully saturated rings. The number of ether oxygens (including phenoxy) is 1. The second kappa shape index (κ2) is 5.38. The first-order chi connectivity index (χ1) is 10.7. The Hall–Kier alpha value is -1.35. The monoisotopic (exact) mass is 299 g/mol. The summed E-state index contributed by atoms with van der Waals surface area (Å²) in [7, 11) is 0. The Morgan fingerprint density at radius 3 is 3.09 bits per heavy atom. The van der Waals surface area contributed by atoms with E-state index in [1.165, 1.54) is 24.0 Å². The van der Waals surface area contributed by atoms with Gasteiger partial charge in [0.25, 0.3) is 0 Å². The van der Waals surface area contributed by atoms with E-state index >= 15 is 0 Å². The summed E-state index contributed by atoms with van der Waals surface area (Å²) in [6.07, 6.45) is 6.12. The van der Waals surface area contributed by atoms with Crippen LogP contribution < -0.4 is 5.32 Å². The number of nitrogens with one attached hydrogen (secondary N) is 1. The lowest BCUT2D eigenvalue weighted by atomic mass is 9.52. The number of fused-ring (bicyclic) bond motifs is 1. The van der Waals surface area contributed by atoms with Gasteiger partial charge < -0.3 is 10.1 Å². The Balaban J connectivity index is 1.70. The van der Waals surface area contributed by atoms with E-state index in [0.29, 0.717) is 18.4 Å². The first-order valence-electron chi connectivity index (χ1n) is 8.74. The molecule has 1 heterocycles. The molecular formula is C19H25NO2. The van der Waals surface area contributed by atoms with E-state index < -0.39 is 0 Å². The minimum atomic E-state index is -0.0468. The van der Waals surface area contributed by atoms with Crippen LogP contribution in [0.15, 0.2) is 24.3 Å². The van der Waals surface area contributed by atoms with Gasteiger partial charge in [-0.2, -0.15) is 0 Å². The zero-order chi connectivity index (χ0) is 15.2. The van der Waals surface area contributed by atoms with Gasteiger partial charge in [0.1, 0.15) is 6.10 Å². The maximum absolute atomic E-state index is 11.7. The number of piperidine rings is 1. The number of carbonyl (C=O) groups is 1. The Morgan fingerprint density at radius 2 is 2.23 bits per heavy atom. The smallest absolute Gasteiger partial charge is 0.305 e. The van der Waals surface area contributed by atoms with Crippen LogP contribution in [0.4, 0.5) is 0 Å². The normalized spacial score (nSPS) is 36.1. The third-order valence-electron chi connectivity index (χ3n) is 6.15. The van der Waals surface area contributed by atoms with E-state index in [1.54, 1.807) is 0 Å². The Labute approximate surface area is 132 Å². The lowest BCUT2D eigenvalue weighted by Crippen LogP contribution is -2.61. The molecule has 0 aromatic heterocycles. The molecule has 3 nitrogen and oxygen atoms in total. The summed E-state index contributed by atoms with van der Waals surface area (Å²) in [5.74, 6) is 0.655. The summed E-state index contributed by atoms with van der Waals surface area (Å²) in [6, 6.07) is 9.55. The Kier molecular flexibility index (Phi) is 3.48. The van der Waals surface area contributed by atoms with Crippen LogP contribution in [-0.2, 0) is 21.4 Å². The number of esters is 1. The molecule has 4 rings (SSSR count). The largest absolute Gasteiger partial charge is 0.462 e. The van der Waals surface area contributed by atoms with Crippen LogP contribution in [0.3, 0.4) is 0 Å². The van der Waals surface area contributed by atoms with Crippen molar-refractivity contribution in [1.82, 2.24) is 5.32 Å². The van der Waals surface area contributed by atoms with Crippen molar-refractivity contribution in [3.63, 3.8) is 0 Å². The fourth-order valence-corrected chi connectivity index (χ4v) is 5.25. The van der Waals surface area contributed by atoms with E-state index in [1.807, 2.05) is 6.92 Å². The summed E-state index contributed by atoms with van der Waals surface area (Å²) in [4.78, 5) is 11.7. The highest BCUT2D eigenvalue weighted by atomic mass is 16.5. The van der Waals surface area contributed by atoms with E-state index in [0.717, 1.165) is 25.8 Å². The fourth-order valence-electron chi connectivity index (χ4n) is 5.25. The van der Waals surface area contributed by atoms with Crippen LogP contribution in [0.1, 0.15) is 50.2 Å². The first-order valence-corrected chi connectivity index (χ1v) is 8.74. The van der Waals surface area contributed by atoms with Crippen molar-refractivity contribution in [2.75, 3.05) is 6.54 Å². The molecule has 1 N–H and O–H groups in total. The van der Waals surface area contributed by atoms with E-state index in [9.17, 15) is 4.79 Å². The fraction of sp³-hybridized carbons (Fsp3) is 0.632. The van der Waals surface area contributed by atoms with Crippen molar-refractivity contribution in [2.45, 2.75) is 63.0 Å². The lowest BCUT2D eigenvalue weighted by molar-refractivity contribution is -0.153. The van der Waals surface area contributed by atoms with Crippen LogP contribution >= 0.6 is 0 Å². The molecule has 0 spiro atoms. The highest BCUT2D eigenvalue weighted by Crippen LogP contribution is 2.54. The van der Waals surface area contributed by atoms with Gasteiger partial charge in [0.15, 0.2) is 0 Å². The molecular weight excluding hydrogens is 274 g/mol. The Morgan fingerprint density at radius 1 is 1.36 bits per heavy atom. The topological polar surface area (TPSA) is 38.3 Å². The lowest BCUT2D eigenvalue weighted by Gasteiger charge is -2.57. The standard InChI is InChI=1S/C19H25NO2/c1-2-18(21)22-14-7-8-16-17-11-13-5-3-4-6-15(13)19(16,12-14)9-10-20-17/h3-6,14,16-17,20H,2,7-12H2,1H3/t14?,16-,17+,19+/m0/s1. The minimum absolute atomic E-state index is 0.0468. The summed E-state index contributed by atoms with van der Waals surface area (Å²) < 4.78 is 5.73. The quantitative estimate of drug-likeness (QED) is 0.853. The molecule has 1 unspecified atom stereocenters. The van der Waals surface area contributed by atoms with Gasteiger partial charge in [-0.25, -0.2) is 0 Å². The van der Waals surface area contributed by atoms with Crippen molar-refractivity contribution < 1.29 is 9.53 Å². The predicted molar refractivity (Wildman–Crippen MR) is 85.7 cm³/mol. The number of carbonyl (C=O) groups excluding carboxylic acids is 1. The predicted octanol–water partition coefficient (Wildman–Crippen LogP) is 2.96. The molecule has 3 aliphatic rings. The molecule has 1 saturated heterocycles. The van der Waals surface area contributed by atoms with Gasteiger partial charge in [-0.3, -0.25) is 4.79 Å². The molecule has 0 radical (unpaired) electrons. The maximum atomic E-state index is 11.7. The van der Waals surface area contributed by atoms with E-state index in [-0.39, 0.29) is 17.5 Å². The third kappa shape index (κ3) is 2.10.